The molecule has 44 heavy (non-hydrogen) atoms. The minimum atomic E-state index is -0.923. The predicted molar refractivity (Wildman–Crippen MR) is 177 cm³/mol. The molecule has 0 spiro atoms. The van der Waals surface area contributed by atoms with E-state index in [4.69, 9.17) is 29.8 Å². The third-order valence-electron chi connectivity index (χ3n) is 7.73. The van der Waals surface area contributed by atoms with Crippen LogP contribution in [0.25, 0.3) is 10.9 Å². The van der Waals surface area contributed by atoms with E-state index in [1.54, 1.807) is 6.20 Å². The Morgan fingerprint density at radius 1 is 0.864 bits per heavy atom. The lowest BCUT2D eigenvalue weighted by Gasteiger charge is -2.34. The lowest BCUT2D eigenvalue weighted by molar-refractivity contribution is -0.907. The monoisotopic (exact) mass is 622 g/mol. The van der Waals surface area contributed by atoms with Crippen molar-refractivity contribution in [2.45, 2.75) is 43.8 Å². The second-order valence-electron chi connectivity index (χ2n) is 11.3. The van der Waals surface area contributed by atoms with Crippen LogP contribution in [0.1, 0.15) is 24.8 Å². The molecule has 0 unspecified atom stereocenters. The number of para-hydroxylation sites is 1. The van der Waals surface area contributed by atoms with Crippen molar-refractivity contribution in [3.05, 3.63) is 72.4 Å². The SMILES string of the molecule is C[N+](CCN)(CCN)CCC[C@H](NC(=O)[C@@H](N)C[S-])C(=O)N[C@H](CCc1ccccc1)C(=O)Nc1cnc2ccccc2c1. The summed E-state index contributed by atoms with van der Waals surface area (Å²) in [5.41, 5.74) is 19.9. The minimum absolute atomic E-state index is 0.0179. The number of rotatable bonds is 18. The van der Waals surface area contributed by atoms with Crippen molar-refractivity contribution in [1.29, 1.82) is 0 Å². The van der Waals surface area contributed by atoms with Crippen LogP contribution in [-0.2, 0) is 33.4 Å². The summed E-state index contributed by atoms with van der Waals surface area (Å²) in [5.74, 6) is -1.33. The quantitative estimate of drug-likeness (QED) is 0.0891. The van der Waals surface area contributed by atoms with Crippen LogP contribution in [0.15, 0.2) is 66.9 Å². The number of amides is 3. The zero-order chi connectivity index (χ0) is 32.0. The van der Waals surface area contributed by atoms with Crippen molar-refractivity contribution in [1.82, 2.24) is 15.6 Å². The number of fused-ring (bicyclic) bond motifs is 1. The summed E-state index contributed by atoms with van der Waals surface area (Å²) in [7, 11) is 2.08. The predicted octanol–water partition coefficient (Wildman–Crippen LogP) is 0.794. The van der Waals surface area contributed by atoms with Crippen molar-refractivity contribution in [2.24, 2.45) is 17.2 Å². The molecule has 3 aromatic rings. The molecule has 9 N–H and O–H groups in total. The molecule has 3 amide bonds. The molecule has 0 aliphatic carbocycles. The number of carbonyl (C=O) groups is 3. The van der Waals surface area contributed by atoms with E-state index in [9.17, 15) is 14.4 Å². The molecule has 0 fully saturated rings. The Hall–Kier alpha value is -3.55. The number of nitrogens with two attached hydrogens (primary N) is 3. The van der Waals surface area contributed by atoms with Crippen LogP contribution in [-0.4, -0.2) is 90.8 Å². The molecule has 3 atom stereocenters. The Bertz CT molecular complexity index is 1350. The van der Waals surface area contributed by atoms with Gasteiger partial charge in [0.05, 0.1) is 50.1 Å². The first kappa shape index (κ1) is 34.9. The van der Waals surface area contributed by atoms with E-state index in [2.05, 4.69) is 28.0 Å². The van der Waals surface area contributed by atoms with Crippen LogP contribution in [0.5, 0.6) is 0 Å². The van der Waals surface area contributed by atoms with E-state index in [-0.39, 0.29) is 11.7 Å². The number of hydrogen-bond donors (Lipinski definition) is 6. The summed E-state index contributed by atoms with van der Waals surface area (Å²) in [4.78, 5) is 44.5. The Balaban J connectivity index is 1.78. The zero-order valence-electron chi connectivity index (χ0n) is 25.4. The van der Waals surface area contributed by atoms with Crippen molar-refractivity contribution >= 4 is 46.9 Å². The molecular weight excluding hydrogens is 576 g/mol. The smallest absolute Gasteiger partial charge is 0.247 e. The Morgan fingerprint density at radius 2 is 1.50 bits per heavy atom. The summed E-state index contributed by atoms with van der Waals surface area (Å²) in [6.45, 7) is 3.22. The molecule has 1 aromatic heterocycles. The number of anilines is 1. The van der Waals surface area contributed by atoms with Gasteiger partial charge in [0.25, 0.3) is 0 Å². The number of benzene rings is 2. The molecular formula is C32H46N8O3S. The molecule has 0 bridgehead atoms. The highest BCUT2D eigenvalue weighted by molar-refractivity contribution is 7.58. The van der Waals surface area contributed by atoms with Gasteiger partial charge in [0.1, 0.15) is 12.1 Å². The zero-order valence-corrected chi connectivity index (χ0v) is 26.2. The van der Waals surface area contributed by atoms with Crippen LogP contribution < -0.4 is 33.2 Å². The van der Waals surface area contributed by atoms with Crippen LogP contribution in [0.2, 0.25) is 0 Å². The number of aromatic nitrogens is 1. The Kier molecular flexibility index (Phi) is 14.0. The first-order chi connectivity index (χ1) is 21.2. The van der Waals surface area contributed by atoms with Crippen LogP contribution in [0.3, 0.4) is 0 Å². The molecule has 2 aromatic carbocycles. The highest BCUT2D eigenvalue weighted by Gasteiger charge is 2.29. The standard InChI is InChI=1S/C32H46N8O3S/c1-40(18-15-33,19-16-34)17-7-12-28(38-30(41)26(35)22-44)32(43)39-29(14-13-23-8-3-2-4-9-23)31(42)37-25-20-24-10-5-6-11-27(24)36-21-25/h2-6,8-11,20-21,26,28-29H,7,12-19,22,33-35H2,1H3,(H3-,37,38,39,41,42,43,44)/t26-,28-,29+/m0/s1. The number of nitrogens with zero attached hydrogens (tertiary/aromatic N) is 2. The van der Waals surface area contributed by atoms with Gasteiger partial charge in [-0.1, -0.05) is 48.5 Å². The van der Waals surface area contributed by atoms with Crippen molar-refractivity contribution in [3.8, 4) is 0 Å². The minimum Gasteiger partial charge on any atom is -0.791 e. The van der Waals surface area contributed by atoms with Gasteiger partial charge >= 0.3 is 0 Å². The molecule has 0 aliphatic rings. The van der Waals surface area contributed by atoms with Crippen molar-refractivity contribution < 1.29 is 18.9 Å². The summed E-state index contributed by atoms with van der Waals surface area (Å²) in [6.07, 6.45) is 3.44. The molecule has 0 radical (unpaired) electrons. The Labute approximate surface area is 265 Å². The molecule has 12 heteroatoms. The second kappa shape index (κ2) is 17.7. The van der Waals surface area contributed by atoms with E-state index in [0.29, 0.717) is 55.5 Å². The molecule has 238 valence electrons. The molecule has 3 rings (SSSR count). The Morgan fingerprint density at radius 3 is 2.18 bits per heavy atom. The maximum absolute atomic E-state index is 13.7. The van der Waals surface area contributed by atoms with E-state index in [1.165, 1.54) is 0 Å². The van der Waals surface area contributed by atoms with Crippen molar-refractivity contribution in [3.63, 3.8) is 0 Å². The van der Waals surface area contributed by atoms with Gasteiger partial charge in [0.15, 0.2) is 0 Å². The summed E-state index contributed by atoms with van der Waals surface area (Å²) < 4.78 is 0.656. The fourth-order valence-corrected chi connectivity index (χ4v) is 5.28. The summed E-state index contributed by atoms with van der Waals surface area (Å²) in [5, 5.41) is 9.46. The average molecular weight is 623 g/mol. The number of likely N-dealkylation sites (N-methyl/N-ethyl adjacent to an activating group) is 1. The third kappa shape index (κ3) is 10.9. The fraction of sp³-hybridized carbons (Fsp3) is 0.438. The maximum atomic E-state index is 13.7. The van der Waals surface area contributed by atoms with Crippen LogP contribution in [0, 0.1) is 0 Å². The lowest BCUT2D eigenvalue weighted by atomic mass is 10.0. The number of hydrogen-bond acceptors (Lipinski definition) is 8. The van der Waals surface area contributed by atoms with Gasteiger partial charge in [-0.15, -0.1) is 0 Å². The van der Waals surface area contributed by atoms with Crippen LogP contribution in [0.4, 0.5) is 5.69 Å². The van der Waals surface area contributed by atoms with Crippen LogP contribution >= 0.6 is 0 Å². The van der Waals surface area contributed by atoms with E-state index in [0.717, 1.165) is 29.6 Å². The molecule has 1 heterocycles. The highest BCUT2D eigenvalue weighted by Crippen LogP contribution is 2.17. The van der Waals surface area contributed by atoms with Gasteiger partial charge in [0, 0.05) is 18.5 Å². The van der Waals surface area contributed by atoms with Gasteiger partial charge in [-0.2, -0.15) is 5.75 Å². The van der Waals surface area contributed by atoms with Gasteiger partial charge in [-0.05, 0) is 43.4 Å². The molecule has 0 aliphatic heterocycles. The normalized spacial score (nSPS) is 13.6. The highest BCUT2D eigenvalue weighted by atomic mass is 32.1. The van der Waals surface area contributed by atoms with E-state index < -0.39 is 29.9 Å². The van der Waals surface area contributed by atoms with E-state index in [1.807, 2.05) is 60.7 Å². The molecule has 0 saturated heterocycles. The number of quaternary nitrogens is 1. The second-order valence-corrected chi connectivity index (χ2v) is 11.7. The number of nitrogens with one attached hydrogen (secondary N) is 3. The molecule has 11 nitrogen and oxygen atoms in total. The fourth-order valence-electron chi connectivity index (χ4n) is 5.12. The molecule has 0 saturated carbocycles. The summed E-state index contributed by atoms with van der Waals surface area (Å²) in [6, 6.07) is 16.5. The lowest BCUT2D eigenvalue weighted by Crippen LogP contribution is -2.56. The van der Waals surface area contributed by atoms with E-state index >= 15 is 0 Å². The largest absolute Gasteiger partial charge is 0.791 e. The first-order valence-corrected chi connectivity index (χ1v) is 15.6. The van der Waals surface area contributed by atoms with Gasteiger partial charge in [-0.25, -0.2) is 0 Å². The summed E-state index contributed by atoms with van der Waals surface area (Å²) >= 11 is 4.97. The van der Waals surface area contributed by atoms with Crippen molar-refractivity contribution in [2.75, 3.05) is 50.8 Å². The van der Waals surface area contributed by atoms with Gasteiger partial charge in [0.2, 0.25) is 17.7 Å². The number of carbonyl (C=O) groups excluding carboxylic acids is 3. The number of pyridine rings is 1. The third-order valence-corrected chi connectivity index (χ3v) is 8.09. The first-order valence-electron chi connectivity index (χ1n) is 15.1. The number of aryl methyl sites for hydroxylation is 1. The average Bonchev–Trinajstić information content (AvgIpc) is 3.02. The maximum Gasteiger partial charge on any atom is 0.247 e. The van der Waals surface area contributed by atoms with Gasteiger partial charge in [-0.3, -0.25) is 19.4 Å². The topological polar surface area (TPSA) is 178 Å². The van der Waals surface area contributed by atoms with Gasteiger partial charge < -0.3 is 50.3 Å².